The third kappa shape index (κ3) is 4.92. The Morgan fingerprint density at radius 3 is 2.81 bits per heavy atom. The number of hydrogen-bond acceptors (Lipinski definition) is 4. The van der Waals surface area contributed by atoms with Crippen molar-refractivity contribution in [3.63, 3.8) is 0 Å². The van der Waals surface area contributed by atoms with Gasteiger partial charge in [-0.3, -0.25) is 9.78 Å². The Labute approximate surface area is 192 Å². The van der Waals surface area contributed by atoms with Crippen molar-refractivity contribution in [1.29, 1.82) is 0 Å². The molecule has 1 amide bonds. The van der Waals surface area contributed by atoms with Gasteiger partial charge < -0.3 is 14.6 Å². The maximum atomic E-state index is 12.6. The quantitative estimate of drug-likeness (QED) is 0.369. The number of aromatic nitrogens is 3. The van der Waals surface area contributed by atoms with Gasteiger partial charge in [-0.05, 0) is 68.3 Å². The molecule has 6 nitrogen and oxygen atoms in total. The fraction of sp³-hybridized carbons (Fsp3) is 0.240. The summed E-state index contributed by atoms with van der Waals surface area (Å²) in [6.07, 6.45) is 3.99. The van der Waals surface area contributed by atoms with Gasteiger partial charge in [0.1, 0.15) is 11.6 Å². The number of nitrogens with zero attached hydrogens (tertiary/aromatic N) is 3. The van der Waals surface area contributed by atoms with E-state index >= 15 is 0 Å². The first-order valence-corrected chi connectivity index (χ1v) is 11.0. The minimum atomic E-state index is -0.269. The van der Waals surface area contributed by atoms with Crippen LogP contribution in [0.15, 0.2) is 67.0 Å². The van der Waals surface area contributed by atoms with Crippen LogP contribution >= 0.6 is 11.6 Å². The van der Waals surface area contributed by atoms with Gasteiger partial charge in [-0.1, -0.05) is 23.7 Å². The van der Waals surface area contributed by atoms with E-state index in [1.165, 1.54) is 0 Å². The Bertz CT molecular complexity index is 1220. The van der Waals surface area contributed by atoms with Crippen LogP contribution in [0.3, 0.4) is 0 Å². The summed E-state index contributed by atoms with van der Waals surface area (Å²) in [5.74, 6) is 1.44. The fourth-order valence-electron chi connectivity index (χ4n) is 3.62. The average molecular weight is 449 g/mol. The topological polar surface area (TPSA) is 69.0 Å². The SMILES string of the molecule is Cc1cc(OCCCn2c(C(C)NC(=O)c3cccnc3)nc3ccccc32)ccc1Cl. The van der Waals surface area contributed by atoms with Gasteiger partial charge in [0.15, 0.2) is 0 Å². The number of halogens is 1. The summed E-state index contributed by atoms with van der Waals surface area (Å²) in [5.41, 5.74) is 3.45. The highest BCUT2D eigenvalue weighted by Gasteiger charge is 2.19. The van der Waals surface area contributed by atoms with Crippen molar-refractivity contribution in [1.82, 2.24) is 19.9 Å². The number of hydrogen-bond donors (Lipinski definition) is 1. The lowest BCUT2D eigenvalue weighted by Gasteiger charge is -2.16. The minimum Gasteiger partial charge on any atom is -0.494 e. The number of benzene rings is 2. The first-order valence-electron chi connectivity index (χ1n) is 10.6. The summed E-state index contributed by atoms with van der Waals surface area (Å²) in [6.45, 7) is 5.18. The molecule has 1 N–H and O–H groups in total. The maximum Gasteiger partial charge on any atom is 0.253 e. The number of aryl methyl sites for hydroxylation is 2. The Morgan fingerprint density at radius 1 is 1.19 bits per heavy atom. The number of nitrogens with one attached hydrogen (secondary N) is 1. The Morgan fingerprint density at radius 2 is 2.03 bits per heavy atom. The zero-order valence-corrected chi connectivity index (χ0v) is 18.8. The molecule has 164 valence electrons. The molecule has 0 radical (unpaired) electrons. The molecule has 2 aromatic carbocycles. The average Bonchev–Trinajstić information content (AvgIpc) is 3.18. The van der Waals surface area contributed by atoms with Gasteiger partial charge in [-0.15, -0.1) is 0 Å². The van der Waals surface area contributed by atoms with Gasteiger partial charge in [0.25, 0.3) is 5.91 Å². The van der Waals surface area contributed by atoms with Crippen LogP contribution in [0.5, 0.6) is 5.75 Å². The summed E-state index contributed by atoms with van der Waals surface area (Å²) < 4.78 is 8.06. The van der Waals surface area contributed by atoms with Crippen molar-refractivity contribution >= 4 is 28.5 Å². The van der Waals surface area contributed by atoms with Crippen LogP contribution < -0.4 is 10.1 Å². The lowest BCUT2D eigenvalue weighted by molar-refractivity contribution is 0.0937. The molecular formula is C25H25ClN4O2. The fourth-order valence-corrected chi connectivity index (χ4v) is 3.74. The van der Waals surface area contributed by atoms with Crippen molar-refractivity contribution in [2.75, 3.05) is 6.61 Å². The molecule has 0 aliphatic carbocycles. The minimum absolute atomic E-state index is 0.175. The van der Waals surface area contributed by atoms with Gasteiger partial charge in [0.2, 0.25) is 0 Å². The molecule has 0 fully saturated rings. The number of carbonyl (C=O) groups excluding carboxylic acids is 1. The van der Waals surface area contributed by atoms with Crippen molar-refractivity contribution in [3.05, 3.63) is 89.0 Å². The third-order valence-corrected chi connectivity index (χ3v) is 5.69. The molecule has 0 saturated heterocycles. The van der Waals surface area contributed by atoms with Crippen LogP contribution in [0, 0.1) is 6.92 Å². The second-order valence-electron chi connectivity index (χ2n) is 7.66. The molecule has 0 saturated carbocycles. The number of ether oxygens (including phenoxy) is 1. The van der Waals surface area contributed by atoms with Gasteiger partial charge in [0.05, 0.1) is 29.2 Å². The van der Waals surface area contributed by atoms with E-state index < -0.39 is 0 Å². The second kappa shape index (κ2) is 9.83. The first kappa shape index (κ1) is 21.8. The highest BCUT2D eigenvalue weighted by Crippen LogP contribution is 2.23. The highest BCUT2D eigenvalue weighted by atomic mass is 35.5. The van der Waals surface area contributed by atoms with E-state index in [9.17, 15) is 4.79 Å². The maximum absolute atomic E-state index is 12.6. The zero-order valence-electron chi connectivity index (χ0n) is 18.1. The van der Waals surface area contributed by atoms with Gasteiger partial charge in [-0.2, -0.15) is 0 Å². The molecule has 0 spiro atoms. The molecule has 4 aromatic rings. The molecular weight excluding hydrogens is 424 g/mol. The molecule has 0 aliphatic heterocycles. The van der Waals surface area contributed by atoms with Crippen molar-refractivity contribution < 1.29 is 9.53 Å². The summed E-state index contributed by atoms with van der Waals surface area (Å²) >= 11 is 6.09. The Kier molecular flexibility index (Phi) is 6.71. The monoisotopic (exact) mass is 448 g/mol. The van der Waals surface area contributed by atoms with E-state index in [1.54, 1.807) is 24.5 Å². The third-order valence-electron chi connectivity index (χ3n) is 5.27. The van der Waals surface area contributed by atoms with Crippen LogP contribution in [-0.4, -0.2) is 27.0 Å². The second-order valence-corrected chi connectivity index (χ2v) is 8.07. The Hall–Kier alpha value is -3.38. The van der Waals surface area contributed by atoms with Crippen LogP contribution in [0.25, 0.3) is 11.0 Å². The number of fused-ring (bicyclic) bond motifs is 1. The van der Waals surface area contributed by atoms with E-state index in [4.69, 9.17) is 21.3 Å². The van der Waals surface area contributed by atoms with Crippen LogP contribution in [0.4, 0.5) is 0 Å². The largest absolute Gasteiger partial charge is 0.494 e. The molecule has 4 rings (SSSR count). The normalized spacial score (nSPS) is 12.0. The molecule has 0 bridgehead atoms. The zero-order chi connectivity index (χ0) is 22.5. The molecule has 2 heterocycles. The van der Waals surface area contributed by atoms with Crippen molar-refractivity contribution in [2.24, 2.45) is 0 Å². The van der Waals surface area contributed by atoms with E-state index in [2.05, 4.69) is 14.9 Å². The number of para-hydroxylation sites is 2. The smallest absolute Gasteiger partial charge is 0.253 e. The van der Waals surface area contributed by atoms with Gasteiger partial charge >= 0.3 is 0 Å². The first-order chi connectivity index (χ1) is 15.5. The van der Waals surface area contributed by atoms with Gasteiger partial charge in [-0.25, -0.2) is 4.98 Å². The summed E-state index contributed by atoms with van der Waals surface area (Å²) in [7, 11) is 0. The standard InChI is InChI=1S/C25H25ClN4O2/c1-17-15-20(10-11-21(17)26)32-14-6-13-30-23-9-4-3-8-22(23)29-24(30)18(2)28-25(31)19-7-5-12-27-16-19/h3-5,7-12,15-16,18H,6,13-14H2,1-2H3,(H,28,31). The summed E-state index contributed by atoms with van der Waals surface area (Å²) in [5, 5.41) is 3.77. The number of pyridine rings is 1. The van der Waals surface area contributed by atoms with Crippen LogP contribution in [0.1, 0.15) is 41.1 Å². The van der Waals surface area contributed by atoms with Crippen LogP contribution in [-0.2, 0) is 6.54 Å². The summed E-state index contributed by atoms with van der Waals surface area (Å²) in [6, 6.07) is 16.9. The molecule has 1 atom stereocenters. The lowest BCUT2D eigenvalue weighted by Crippen LogP contribution is -2.29. The highest BCUT2D eigenvalue weighted by molar-refractivity contribution is 6.31. The number of imidazole rings is 1. The van der Waals surface area contributed by atoms with E-state index in [-0.39, 0.29) is 11.9 Å². The Balaban J connectivity index is 1.47. The van der Waals surface area contributed by atoms with Gasteiger partial charge in [0, 0.05) is 24.0 Å². The molecule has 0 aliphatic rings. The number of amides is 1. The van der Waals surface area contributed by atoms with Crippen LogP contribution in [0.2, 0.25) is 5.02 Å². The van der Waals surface area contributed by atoms with Crippen molar-refractivity contribution in [3.8, 4) is 5.75 Å². The summed E-state index contributed by atoms with van der Waals surface area (Å²) in [4.78, 5) is 21.4. The van der Waals surface area contributed by atoms with E-state index in [1.807, 2.05) is 56.3 Å². The predicted octanol–water partition coefficient (Wildman–Crippen LogP) is 5.35. The van der Waals surface area contributed by atoms with E-state index in [0.717, 1.165) is 46.2 Å². The van der Waals surface area contributed by atoms with Crippen molar-refractivity contribution in [2.45, 2.75) is 32.9 Å². The number of carbonyl (C=O) groups is 1. The molecule has 32 heavy (non-hydrogen) atoms. The predicted molar refractivity (Wildman–Crippen MR) is 126 cm³/mol. The molecule has 2 aromatic heterocycles. The van der Waals surface area contributed by atoms with E-state index in [0.29, 0.717) is 12.2 Å². The number of rotatable bonds is 8. The molecule has 1 unspecified atom stereocenters. The lowest BCUT2D eigenvalue weighted by atomic mass is 10.2. The molecule has 7 heteroatoms.